The van der Waals surface area contributed by atoms with E-state index in [1.165, 1.54) is 36.8 Å². The smallest absolute Gasteiger partial charge is 0.220 e. The van der Waals surface area contributed by atoms with E-state index in [4.69, 9.17) is 0 Å². The zero-order valence-corrected chi connectivity index (χ0v) is 17.1. The summed E-state index contributed by atoms with van der Waals surface area (Å²) in [6, 6.07) is 15.1. The quantitative estimate of drug-likeness (QED) is 0.812. The lowest BCUT2D eigenvalue weighted by Gasteiger charge is -2.40. The first kappa shape index (κ1) is 18.8. The first-order chi connectivity index (χ1) is 14.2. The number of fused-ring (bicyclic) bond motifs is 2. The van der Waals surface area contributed by atoms with Crippen molar-refractivity contribution in [2.75, 3.05) is 19.6 Å². The number of benzene rings is 1. The number of carbonyl (C=O) groups is 1. The van der Waals surface area contributed by atoms with Crippen molar-refractivity contribution < 1.29 is 4.79 Å². The molecule has 2 heterocycles. The Morgan fingerprint density at radius 3 is 2.66 bits per heavy atom. The van der Waals surface area contributed by atoms with Crippen LogP contribution in [0.2, 0.25) is 0 Å². The zero-order chi connectivity index (χ0) is 19.7. The van der Waals surface area contributed by atoms with Gasteiger partial charge >= 0.3 is 0 Å². The Morgan fingerprint density at radius 1 is 1.10 bits per heavy atom. The average Bonchev–Trinajstić information content (AvgIpc) is 3.54. The third-order valence-corrected chi connectivity index (χ3v) is 7.25. The Bertz CT molecular complexity index is 853. The number of pyridine rings is 1. The zero-order valence-electron chi connectivity index (χ0n) is 17.1. The number of nitrogens with zero attached hydrogens (tertiary/aromatic N) is 2. The molecule has 1 spiro atoms. The minimum Gasteiger partial charge on any atom is -0.356 e. The minimum absolute atomic E-state index is 0.237. The summed E-state index contributed by atoms with van der Waals surface area (Å²) in [5.74, 6) is 1.35. The predicted octanol–water partition coefficient (Wildman–Crippen LogP) is 4.02. The van der Waals surface area contributed by atoms with Gasteiger partial charge in [0.15, 0.2) is 0 Å². The van der Waals surface area contributed by atoms with E-state index < -0.39 is 0 Å². The number of amides is 1. The fraction of sp³-hybridized carbons (Fsp3) is 0.520. The van der Waals surface area contributed by atoms with Crippen LogP contribution in [0.3, 0.4) is 0 Å². The summed E-state index contributed by atoms with van der Waals surface area (Å²) in [4.78, 5) is 19.6. The van der Waals surface area contributed by atoms with Crippen LogP contribution in [0.5, 0.6) is 0 Å². The number of likely N-dealkylation sites (tertiary alicyclic amines) is 1. The standard InChI is InChI=1S/C25H31N3O/c29-24(27-17-19-8-9-19)15-20-16-25(23-7-2-1-6-22(20)23)10-13-28(14-11-25)18-21-5-3-4-12-26-21/h1-7,12,19-20H,8-11,13-18H2,(H,27,29)/t20-/m0/s1. The van der Waals surface area contributed by atoms with Gasteiger partial charge in [0, 0.05) is 25.7 Å². The van der Waals surface area contributed by atoms with E-state index in [1.54, 1.807) is 0 Å². The molecule has 0 unspecified atom stereocenters. The van der Waals surface area contributed by atoms with Gasteiger partial charge in [-0.15, -0.1) is 0 Å². The summed E-state index contributed by atoms with van der Waals surface area (Å²) in [7, 11) is 0. The Kier molecular flexibility index (Phi) is 5.13. The highest BCUT2D eigenvalue weighted by atomic mass is 16.1. The minimum atomic E-state index is 0.237. The maximum atomic E-state index is 12.5. The summed E-state index contributed by atoms with van der Waals surface area (Å²) in [6.45, 7) is 4.02. The Balaban J connectivity index is 1.25. The van der Waals surface area contributed by atoms with Gasteiger partial charge in [-0.2, -0.15) is 0 Å². The van der Waals surface area contributed by atoms with E-state index in [1.807, 2.05) is 12.3 Å². The first-order valence-electron chi connectivity index (χ1n) is 11.2. The van der Waals surface area contributed by atoms with Crippen LogP contribution in [0.1, 0.15) is 61.3 Å². The van der Waals surface area contributed by atoms with Crippen LogP contribution in [0.15, 0.2) is 48.7 Å². The topological polar surface area (TPSA) is 45.2 Å². The average molecular weight is 390 g/mol. The van der Waals surface area contributed by atoms with Crippen LogP contribution in [-0.2, 0) is 16.8 Å². The Labute approximate surface area is 173 Å². The van der Waals surface area contributed by atoms with Gasteiger partial charge in [-0.3, -0.25) is 14.7 Å². The number of hydrogen-bond acceptors (Lipinski definition) is 3. The molecule has 2 aromatic rings. The highest BCUT2D eigenvalue weighted by Gasteiger charge is 2.45. The lowest BCUT2D eigenvalue weighted by atomic mass is 9.73. The number of hydrogen-bond donors (Lipinski definition) is 1. The molecule has 1 saturated heterocycles. The fourth-order valence-corrected chi connectivity index (χ4v) is 5.42. The van der Waals surface area contributed by atoms with Crippen molar-refractivity contribution >= 4 is 5.91 Å². The van der Waals surface area contributed by atoms with E-state index >= 15 is 0 Å². The van der Waals surface area contributed by atoms with E-state index in [-0.39, 0.29) is 11.3 Å². The maximum absolute atomic E-state index is 12.5. The lowest BCUT2D eigenvalue weighted by Crippen LogP contribution is -2.41. The molecule has 2 aliphatic carbocycles. The predicted molar refractivity (Wildman–Crippen MR) is 115 cm³/mol. The normalized spacial score (nSPS) is 23.1. The van der Waals surface area contributed by atoms with Crippen molar-refractivity contribution in [2.45, 2.75) is 56.4 Å². The Morgan fingerprint density at radius 2 is 1.90 bits per heavy atom. The number of carbonyl (C=O) groups excluding carboxylic acids is 1. The molecule has 0 bridgehead atoms. The van der Waals surface area contributed by atoms with Crippen LogP contribution in [0.25, 0.3) is 0 Å². The molecule has 3 aliphatic rings. The number of piperidine rings is 1. The molecule has 152 valence electrons. The van der Waals surface area contributed by atoms with Crippen molar-refractivity contribution in [1.82, 2.24) is 15.2 Å². The monoisotopic (exact) mass is 389 g/mol. The van der Waals surface area contributed by atoms with Crippen molar-refractivity contribution in [3.63, 3.8) is 0 Å². The van der Waals surface area contributed by atoms with Gasteiger partial charge in [0.1, 0.15) is 0 Å². The van der Waals surface area contributed by atoms with Crippen LogP contribution < -0.4 is 5.32 Å². The highest BCUT2D eigenvalue weighted by molar-refractivity contribution is 5.77. The van der Waals surface area contributed by atoms with Crippen LogP contribution in [0, 0.1) is 5.92 Å². The van der Waals surface area contributed by atoms with E-state index in [9.17, 15) is 4.79 Å². The van der Waals surface area contributed by atoms with E-state index in [0.717, 1.165) is 44.2 Å². The van der Waals surface area contributed by atoms with Crippen LogP contribution in [-0.4, -0.2) is 35.4 Å². The highest BCUT2D eigenvalue weighted by Crippen LogP contribution is 2.52. The Hall–Kier alpha value is -2.20. The van der Waals surface area contributed by atoms with Gasteiger partial charge < -0.3 is 5.32 Å². The molecule has 1 aliphatic heterocycles. The molecule has 1 amide bonds. The lowest BCUT2D eigenvalue weighted by molar-refractivity contribution is -0.121. The third-order valence-electron chi connectivity index (χ3n) is 7.25. The van der Waals surface area contributed by atoms with Crippen LogP contribution >= 0.6 is 0 Å². The fourth-order valence-electron chi connectivity index (χ4n) is 5.42. The molecule has 1 atom stereocenters. The second kappa shape index (κ2) is 7.91. The molecule has 4 nitrogen and oxygen atoms in total. The molecular formula is C25H31N3O. The molecule has 1 aromatic carbocycles. The molecule has 1 saturated carbocycles. The van der Waals surface area contributed by atoms with Crippen molar-refractivity contribution in [3.05, 3.63) is 65.5 Å². The summed E-state index contributed by atoms with van der Waals surface area (Å²) < 4.78 is 0. The number of nitrogens with one attached hydrogen (secondary N) is 1. The summed E-state index contributed by atoms with van der Waals surface area (Å²) in [5, 5.41) is 3.17. The van der Waals surface area contributed by atoms with Gasteiger partial charge in [-0.1, -0.05) is 30.3 Å². The van der Waals surface area contributed by atoms with Crippen molar-refractivity contribution in [1.29, 1.82) is 0 Å². The second-order valence-electron chi connectivity index (χ2n) is 9.32. The number of rotatable bonds is 6. The van der Waals surface area contributed by atoms with Crippen LogP contribution in [0.4, 0.5) is 0 Å². The molecule has 0 radical (unpaired) electrons. The van der Waals surface area contributed by atoms with Gasteiger partial charge in [-0.25, -0.2) is 0 Å². The summed E-state index contributed by atoms with van der Waals surface area (Å²) >= 11 is 0. The second-order valence-corrected chi connectivity index (χ2v) is 9.32. The van der Waals surface area contributed by atoms with Crippen molar-refractivity contribution in [2.24, 2.45) is 5.92 Å². The molecule has 1 aromatic heterocycles. The summed E-state index contributed by atoms with van der Waals surface area (Å²) in [5.41, 5.74) is 4.34. The van der Waals surface area contributed by atoms with Crippen molar-refractivity contribution in [3.8, 4) is 0 Å². The van der Waals surface area contributed by atoms with E-state index in [2.05, 4.69) is 51.6 Å². The molecule has 2 fully saturated rings. The molecule has 4 heteroatoms. The third kappa shape index (κ3) is 4.09. The van der Waals surface area contributed by atoms with E-state index in [0.29, 0.717) is 12.3 Å². The summed E-state index contributed by atoms with van der Waals surface area (Å²) in [6.07, 6.45) is 8.57. The maximum Gasteiger partial charge on any atom is 0.220 e. The van der Waals surface area contributed by atoms with Gasteiger partial charge in [-0.05, 0) is 85.7 Å². The van der Waals surface area contributed by atoms with Gasteiger partial charge in [0.05, 0.1) is 5.69 Å². The first-order valence-corrected chi connectivity index (χ1v) is 11.2. The largest absolute Gasteiger partial charge is 0.356 e. The molecular weight excluding hydrogens is 358 g/mol. The number of aromatic nitrogens is 1. The molecule has 5 rings (SSSR count). The van der Waals surface area contributed by atoms with Gasteiger partial charge in [0.25, 0.3) is 0 Å². The molecule has 1 N–H and O–H groups in total. The molecule has 29 heavy (non-hydrogen) atoms. The van der Waals surface area contributed by atoms with Gasteiger partial charge in [0.2, 0.25) is 5.91 Å². The SMILES string of the molecule is O=C(C[C@H]1CC2(CCN(Cc3ccccn3)CC2)c2ccccc21)NCC1CC1.